The summed E-state index contributed by atoms with van der Waals surface area (Å²) in [5.41, 5.74) is 3.80. The van der Waals surface area contributed by atoms with E-state index in [0.717, 1.165) is 33.0 Å². The van der Waals surface area contributed by atoms with Crippen LogP contribution in [0.15, 0.2) is 50.3 Å². The first-order valence-corrected chi connectivity index (χ1v) is 11.1. The number of halogens is 3. The third-order valence-corrected chi connectivity index (χ3v) is 7.22. The highest BCUT2D eigenvalue weighted by atomic mass is 79.9. The number of nitrogens with zero attached hydrogens (tertiary/aromatic N) is 1. The van der Waals surface area contributed by atoms with Crippen molar-refractivity contribution in [2.24, 2.45) is 10.4 Å². The van der Waals surface area contributed by atoms with Crippen molar-refractivity contribution in [3.63, 3.8) is 0 Å². The Bertz CT molecular complexity index is 857. The second-order valence-corrected chi connectivity index (χ2v) is 9.47. The summed E-state index contributed by atoms with van der Waals surface area (Å²) < 4.78 is 2.28. The Labute approximate surface area is 176 Å². The lowest BCUT2D eigenvalue weighted by Gasteiger charge is -2.43. The zero-order valence-electron chi connectivity index (χ0n) is 14.5. The monoisotopic (exact) mass is 494 g/mol. The minimum atomic E-state index is 0.132. The van der Waals surface area contributed by atoms with Crippen LogP contribution in [-0.4, -0.2) is 5.84 Å². The molecule has 26 heavy (non-hydrogen) atoms. The van der Waals surface area contributed by atoms with Gasteiger partial charge in [0.2, 0.25) is 0 Å². The van der Waals surface area contributed by atoms with E-state index in [2.05, 4.69) is 55.4 Å². The maximum Gasteiger partial charge on any atom is 0.108 e. The number of nitrogens with one attached hydrogen (secondary N) is 1. The van der Waals surface area contributed by atoms with Crippen LogP contribution in [0.25, 0.3) is 0 Å². The summed E-state index contributed by atoms with van der Waals surface area (Å²) in [6, 6.07) is 12.2. The van der Waals surface area contributed by atoms with Gasteiger partial charge in [0.25, 0.3) is 0 Å². The molecule has 1 aliphatic carbocycles. The molecule has 0 bridgehead atoms. The lowest BCUT2D eigenvalue weighted by molar-refractivity contribution is 0.278. The maximum atomic E-state index is 6.14. The van der Waals surface area contributed by atoms with E-state index >= 15 is 0 Å². The first-order chi connectivity index (χ1) is 12.6. The molecule has 1 heterocycles. The molecular weight excluding hydrogens is 476 g/mol. The van der Waals surface area contributed by atoms with Gasteiger partial charge in [-0.2, -0.15) is 0 Å². The van der Waals surface area contributed by atoms with Crippen LogP contribution in [0.2, 0.25) is 5.02 Å². The topological polar surface area (TPSA) is 24.4 Å². The first-order valence-electron chi connectivity index (χ1n) is 9.11. The summed E-state index contributed by atoms with van der Waals surface area (Å²) in [5, 5.41) is 4.46. The van der Waals surface area contributed by atoms with Gasteiger partial charge in [0.1, 0.15) is 5.84 Å². The van der Waals surface area contributed by atoms with E-state index in [9.17, 15) is 0 Å². The van der Waals surface area contributed by atoms with Crippen LogP contribution in [0.5, 0.6) is 0 Å². The van der Waals surface area contributed by atoms with Crippen molar-refractivity contribution in [1.29, 1.82) is 0 Å². The molecule has 2 aromatic carbocycles. The number of benzene rings is 2. The second kappa shape index (κ2) is 7.65. The van der Waals surface area contributed by atoms with Crippen molar-refractivity contribution < 1.29 is 0 Å². The largest absolute Gasteiger partial charge is 0.342 e. The average molecular weight is 497 g/mol. The number of hydrogen-bond acceptors (Lipinski definition) is 1. The number of fused-ring (bicyclic) bond motifs is 1. The molecular formula is C21H21Br2ClN2. The van der Waals surface area contributed by atoms with Gasteiger partial charge in [-0.3, -0.25) is 4.99 Å². The maximum absolute atomic E-state index is 6.14. The molecule has 1 spiro atoms. The summed E-state index contributed by atoms with van der Waals surface area (Å²) in [4.78, 5) is 5.05. The molecule has 2 nitrogen and oxygen atoms in total. The van der Waals surface area contributed by atoms with Crippen molar-refractivity contribution in [1.82, 2.24) is 0 Å². The van der Waals surface area contributed by atoms with E-state index < -0.39 is 0 Å². The summed E-state index contributed by atoms with van der Waals surface area (Å²) in [6.45, 7) is 0.658. The number of hydrogen-bond donors (Lipinski definition) is 1. The van der Waals surface area contributed by atoms with Gasteiger partial charge >= 0.3 is 0 Å². The minimum absolute atomic E-state index is 0.132. The zero-order chi connectivity index (χ0) is 18.1. The quantitative estimate of drug-likeness (QED) is 0.461. The van der Waals surface area contributed by atoms with E-state index in [1.54, 1.807) is 0 Å². The lowest BCUT2D eigenvalue weighted by atomic mass is 9.67. The van der Waals surface area contributed by atoms with Crippen LogP contribution in [0, 0.1) is 5.41 Å². The van der Waals surface area contributed by atoms with Gasteiger partial charge in [-0.15, -0.1) is 0 Å². The standard InChI is InChI=1S/C21H21Br2ClN2/c22-17-7-8-18(23)19-16(17)12-21(9-2-1-3-10-21)20(26-19)25-13-14-5-4-6-15(24)11-14/h4-8,11H,1-3,9-10,12-13H2,(H,25,26). The predicted octanol–water partition coefficient (Wildman–Crippen LogP) is 7.38. The molecule has 2 aromatic rings. The van der Waals surface area contributed by atoms with Gasteiger partial charge in [-0.05, 0) is 70.6 Å². The van der Waals surface area contributed by atoms with Crippen LogP contribution in [0.4, 0.5) is 5.69 Å². The smallest absolute Gasteiger partial charge is 0.108 e. The van der Waals surface area contributed by atoms with Gasteiger partial charge in [0.15, 0.2) is 0 Å². The normalized spacial score (nSPS) is 20.0. The molecule has 0 saturated heterocycles. The zero-order valence-corrected chi connectivity index (χ0v) is 18.4. The Morgan fingerprint density at radius 2 is 1.81 bits per heavy atom. The van der Waals surface area contributed by atoms with Crippen LogP contribution in [0.3, 0.4) is 0 Å². The molecule has 1 saturated carbocycles. The van der Waals surface area contributed by atoms with Crippen molar-refractivity contribution in [3.8, 4) is 0 Å². The molecule has 1 fully saturated rings. The summed E-state index contributed by atoms with van der Waals surface area (Å²) >= 11 is 13.6. The fourth-order valence-electron chi connectivity index (χ4n) is 4.23. The van der Waals surface area contributed by atoms with Gasteiger partial charge in [-0.25, -0.2) is 0 Å². The molecule has 0 unspecified atom stereocenters. The van der Waals surface area contributed by atoms with E-state index in [1.807, 2.05) is 18.2 Å². The summed E-state index contributed by atoms with van der Waals surface area (Å²) in [6.07, 6.45) is 7.33. The van der Waals surface area contributed by atoms with Gasteiger partial charge in [0.05, 0.1) is 12.2 Å². The highest BCUT2D eigenvalue weighted by molar-refractivity contribution is 9.11. The van der Waals surface area contributed by atoms with Crippen LogP contribution in [-0.2, 0) is 13.0 Å². The van der Waals surface area contributed by atoms with Crippen molar-refractivity contribution in [2.75, 3.05) is 5.32 Å². The minimum Gasteiger partial charge on any atom is -0.342 e. The van der Waals surface area contributed by atoms with Crippen molar-refractivity contribution in [3.05, 3.63) is 61.5 Å². The van der Waals surface area contributed by atoms with Gasteiger partial charge in [0, 0.05) is 19.4 Å². The number of amidine groups is 1. The Kier molecular flexibility index (Phi) is 5.45. The fourth-order valence-corrected chi connectivity index (χ4v) is 5.38. The molecule has 0 radical (unpaired) electrons. The molecule has 0 amide bonds. The second-order valence-electron chi connectivity index (χ2n) is 7.32. The molecule has 136 valence electrons. The number of anilines is 1. The third-order valence-electron chi connectivity index (χ3n) is 5.59. The van der Waals surface area contributed by atoms with Crippen LogP contribution >= 0.6 is 43.5 Å². The summed E-state index contributed by atoms with van der Waals surface area (Å²) in [7, 11) is 0. The van der Waals surface area contributed by atoms with Gasteiger partial charge < -0.3 is 5.32 Å². The molecule has 4 rings (SSSR count). The van der Waals surface area contributed by atoms with Crippen molar-refractivity contribution in [2.45, 2.75) is 45.1 Å². The molecule has 5 heteroatoms. The fraction of sp³-hybridized carbons (Fsp3) is 0.381. The highest BCUT2D eigenvalue weighted by Gasteiger charge is 2.42. The molecule has 1 N–H and O–H groups in total. The average Bonchev–Trinajstić information content (AvgIpc) is 2.64. The number of rotatable bonds is 2. The van der Waals surface area contributed by atoms with E-state index in [-0.39, 0.29) is 5.41 Å². The predicted molar refractivity (Wildman–Crippen MR) is 117 cm³/mol. The molecule has 0 aromatic heterocycles. The van der Waals surface area contributed by atoms with Crippen LogP contribution in [0.1, 0.15) is 43.2 Å². The first kappa shape index (κ1) is 18.5. The van der Waals surface area contributed by atoms with E-state index in [0.29, 0.717) is 6.54 Å². The van der Waals surface area contributed by atoms with E-state index in [4.69, 9.17) is 16.6 Å². The Balaban J connectivity index is 1.72. The van der Waals surface area contributed by atoms with Gasteiger partial charge in [-0.1, -0.05) is 58.9 Å². The Hall–Kier alpha value is -0.840. The molecule has 0 atom stereocenters. The molecule has 1 aliphatic heterocycles. The lowest BCUT2D eigenvalue weighted by Crippen LogP contribution is -2.43. The summed E-state index contributed by atoms with van der Waals surface area (Å²) in [5.74, 6) is 1.14. The van der Waals surface area contributed by atoms with Crippen LogP contribution < -0.4 is 5.32 Å². The van der Waals surface area contributed by atoms with E-state index in [1.165, 1.54) is 42.1 Å². The van der Waals surface area contributed by atoms with Crippen molar-refractivity contribution >= 4 is 55.0 Å². The third kappa shape index (κ3) is 3.61. The molecule has 2 aliphatic rings. The highest BCUT2D eigenvalue weighted by Crippen LogP contribution is 2.48. The Morgan fingerprint density at radius 1 is 1.04 bits per heavy atom. The number of aliphatic imine (C=N–C) groups is 1. The Morgan fingerprint density at radius 3 is 2.58 bits per heavy atom. The SMILES string of the molecule is Clc1cccc(CN=C2Nc3c(Br)ccc(Br)c3CC23CCCCC3)c1.